The minimum Gasteiger partial charge on any atom is -0.593 e. The minimum atomic E-state index is -1.38. The maximum absolute atomic E-state index is 13.1. The van der Waals surface area contributed by atoms with E-state index in [4.69, 9.17) is 9.47 Å². The minimum absolute atomic E-state index is 0.0770. The second-order valence-electron chi connectivity index (χ2n) is 7.77. The lowest BCUT2D eigenvalue weighted by Gasteiger charge is -2.26. The van der Waals surface area contributed by atoms with Gasteiger partial charge in [-0.2, -0.15) is 0 Å². The number of carbonyl (C=O) groups excluding carboxylic acids is 1. The van der Waals surface area contributed by atoms with Crippen LogP contribution in [0.25, 0.3) is 0 Å². The van der Waals surface area contributed by atoms with Crippen molar-refractivity contribution in [3.05, 3.63) is 59.3 Å². The van der Waals surface area contributed by atoms with Crippen LogP contribution in [-0.4, -0.2) is 75.8 Å². The monoisotopic (exact) mass is 441 g/mol. The Morgan fingerprint density at radius 2 is 1.84 bits per heavy atom. The summed E-state index contributed by atoms with van der Waals surface area (Å²) >= 11 is -1.38. The number of aliphatic hydroxyl groups is 1. The second-order valence-corrected chi connectivity index (χ2v) is 9.25. The molecule has 1 aromatic heterocycles. The summed E-state index contributed by atoms with van der Waals surface area (Å²) in [6.07, 6.45) is 1.56. The Kier molecular flexibility index (Phi) is 5.58. The molecular formula is C22H23N3O5S. The molecule has 0 saturated carbocycles. The number of hydrogen-bond acceptors (Lipinski definition) is 7. The van der Waals surface area contributed by atoms with Gasteiger partial charge in [-0.25, -0.2) is 4.98 Å². The zero-order chi connectivity index (χ0) is 21.4. The molecule has 0 fully saturated rings. The molecule has 5 rings (SSSR count). The highest BCUT2D eigenvalue weighted by Crippen LogP contribution is 2.34. The van der Waals surface area contributed by atoms with Gasteiger partial charge in [-0.3, -0.25) is 4.79 Å². The van der Waals surface area contributed by atoms with Crippen LogP contribution in [-0.2, 0) is 16.2 Å². The lowest BCUT2D eigenvalue weighted by Crippen LogP contribution is -2.39. The highest BCUT2D eigenvalue weighted by molar-refractivity contribution is 7.89. The summed E-state index contributed by atoms with van der Waals surface area (Å²) in [7, 11) is 0. The fourth-order valence-corrected chi connectivity index (χ4v) is 5.41. The van der Waals surface area contributed by atoms with Crippen molar-refractivity contribution >= 4 is 17.3 Å². The molecule has 31 heavy (non-hydrogen) atoms. The van der Waals surface area contributed by atoms with Crippen molar-refractivity contribution in [3.8, 4) is 11.6 Å². The molecule has 2 atom stereocenters. The SMILES string of the molecule is O=C([C@H](CO)c1ccccc1)N1CC2=C(C1)CN([S+]([O-])c1cnc3c(c1)OCCO3)C2. The topological polar surface area (TPSA) is 98.2 Å². The van der Waals surface area contributed by atoms with E-state index in [2.05, 4.69) is 4.98 Å². The number of carbonyl (C=O) groups is 1. The Morgan fingerprint density at radius 3 is 2.55 bits per heavy atom. The van der Waals surface area contributed by atoms with Gasteiger partial charge >= 0.3 is 0 Å². The summed E-state index contributed by atoms with van der Waals surface area (Å²) in [4.78, 5) is 19.6. The summed E-state index contributed by atoms with van der Waals surface area (Å²) < 4.78 is 25.9. The van der Waals surface area contributed by atoms with E-state index in [0.717, 1.165) is 16.7 Å². The number of aromatic nitrogens is 1. The smallest absolute Gasteiger partial charge is 0.257 e. The molecule has 1 amide bonds. The Hall–Kier alpha value is -2.59. The van der Waals surface area contributed by atoms with Crippen molar-refractivity contribution in [2.75, 3.05) is 46.0 Å². The van der Waals surface area contributed by atoms with Gasteiger partial charge in [-0.05, 0) is 16.7 Å². The third-order valence-electron chi connectivity index (χ3n) is 5.80. The molecule has 1 unspecified atom stereocenters. The molecule has 3 aliphatic heterocycles. The van der Waals surface area contributed by atoms with E-state index in [-0.39, 0.29) is 12.5 Å². The van der Waals surface area contributed by atoms with Gasteiger partial charge in [0.05, 0.1) is 43.2 Å². The van der Waals surface area contributed by atoms with Crippen LogP contribution >= 0.6 is 0 Å². The normalized spacial score (nSPS) is 20.0. The zero-order valence-corrected chi connectivity index (χ0v) is 17.7. The number of ether oxygens (including phenoxy) is 2. The number of aliphatic hydroxyl groups excluding tert-OH is 1. The van der Waals surface area contributed by atoms with E-state index in [1.807, 2.05) is 34.6 Å². The van der Waals surface area contributed by atoms with E-state index in [9.17, 15) is 14.5 Å². The Morgan fingerprint density at radius 1 is 1.13 bits per heavy atom. The van der Waals surface area contributed by atoms with E-state index in [1.165, 1.54) is 0 Å². The second kappa shape index (κ2) is 8.51. The Bertz CT molecular complexity index is 997. The van der Waals surface area contributed by atoms with E-state index in [0.29, 0.717) is 55.9 Å². The van der Waals surface area contributed by atoms with Crippen LogP contribution in [0.5, 0.6) is 11.6 Å². The summed E-state index contributed by atoms with van der Waals surface area (Å²) in [5.41, 5.74) is 3.06. The first-order valence-corrected chi connectivity index (χ1v) is 11.3. The van der Waals surface area contributed by atoms with E-state index >= 15 is 0 Å². The van der Waals surface area contributed by atoms with Crippen molar-refractivity contribution in [3.63, 3.8) is 0 Å². The molecule has 0 saturated heterocycles. The van der Waals surface area contributed by atoms with Crippen LogP contribution < -0.4 is 9.47 Å². The number of rotatable bonds is 5. The fourth-order valence-electron chi connectivity index (χ4n) is 4.21. The molecule has 162 valence electrons. The number of nitrogens with zero attached hydrogens (tertiary/aromatic N) is 3. The van der Waals surface area contributed by atoms with Gasteiger partial charge in [0, 0.05) is 19.2 Å². The molecule has 0 radical (unpaired) electrons. The quantitative estimate of drug-likeness (QED) is 0.548. The van der Waals surface area contributed by atoms with Gasteiger partial charge in [0.15, 0.2) is 10.6 Å². The van der Waals surface area contributed by atoms with Crippen LogP contribution in [0, 0.1) is 0 Å². The molecule has 8 nitrogen and oxygen atoms in total. The molecular weight excluding hydrogens is 418 g/mol. The van der Waals surface area contributed by atoms with E-state index in [1.54, 1.807) is 17.2 Å². The molecule has 0 bridgehead atoms. The number of hydrogen-bond donors (Lipinski definition) is 1. The summed E-state index contributed by atoms with van der Waals surface area (Å²) in [6.45, 7) is 2.77. The zero-order valence-electron chi connectivity index (χ0n) is 16.9. The van der Waals surface area contributed by atoms with Gasteiger partial charge in [-0.1, -0.05) is 30.3 Å². The van der Waals surface area contributed by atoms with Gasteiger partial charge in [-0.15, -0.1) is 4.31 Å². The lowest BCUT2D eigenvalue weighted by atomic mass is 9.98. The maximum Gasteiger partial charge on any atom is 0.257 e. The Labute approximate surface area is 183 Å². The average molecular weight is 442 g/mol. The van der Waals surface area contributed by atoms with Crippen molar-refractivity contribution in [2.24, 2.45) is 0 Å². The number of benzene rings is 1. The fraction of sp³-hybridized carbons (Fsp3) is 0.364. The predicted octanol–water partition coefficient (Wildman–Crippen LogP) is 1.11. The molecule has 4 heterocycles. The van der Waals surface area contributed by atoms with Gasteiger partial charge in [0.25, 0.3) is 5.88 Å². The standard InChI is InChI=1S/C22H23N3O5S/c26-14-19(15-4-2-1-3-5-15)22(27)24-10-16-12-25(13-17(16)11-24)31(28)18-8-20-21(23-9-18)30-7-6-29-20/h1-5,8-9,19,26H,6-7,10-14H2/t19-,31?/m1/s1. The highest BCUT2D eigenvalue weighted by atomic mass is 32.2. The predicted molar refractivity (Wildman–Crippen MR) is 113 cm³/mol. The van der Waals surface area contributed by atoms with Crippen LogP contribution in [0.3, 0.4) is 0 Å². The molecule has 9 heteroatoms. The molecule has 0 aliphatic carbocycles. The largest absolute Gasteiger partial charge is 0.593 e. The summed E-state index contributed by atoms with van der Waals surface area (Å²) in [6, 6.07) is 11.1. The number of amides is 1. The van der Waals surface area contributed by atoms with Crippen molar-refractivity contribution in [1.29, 1.82) is 0 Å². The highest BCUT2D eigenvalue weighted by Gasteiger charge is 2.39. The van der Waals surface area contributed by atoms with Crippen LogP contribution in [0.2, 0.25) is 0 Å². The molecule has 0 spiro atoms. The maximum atomic E-state index is 13.1. The van der Waals surface area contributed by atoms with Crippen molar-refractivity contribution in [2.45, 2.75) is 10.8 Å². The van der Waals surface area contributed by atoms with Crippen molar-refractivity contribution < 1.29 is 23.9 Å². The number of pyridine rings is 1. The van der Waals surface area contributed by atoms with Gasteiger partial charge in [0.1, 0.15) is 13.2 Å². The summed E-state index contributed by atoms with van der Waals surface area (Å²) in [5, 5.41) is 9.80. The van der Waals surface area contributed by atoms with E-state index < -0.39 is 17.3 Å². The van der Waals surface area contributed by atoms with Crippen LogP contribution in [0.4, 0.5) is 0 Å². The van der Waals surface area contributed by atoms with Crippen LogP contribution in [0.15, 0.2) is 58.6 Å². The molecule has 1 N–H and O–H groups in total. The third-order valence-corrected chi connectivity index (χ3v) is 7.15. The molecule has 3 aliphatic rings. The first-order valence-electron chi connectivity index (χ1n) is 10.2. The van der Waals surface area contributed by atoms with Gasteiger partial charge < -0.3 is 24.0 Å². The van der Waals surface area contributed by atoms with Gasteiger partial charge in [0.2, 0.25) is 5.91 Å². The Balaban J connectivity index is 1.22. The molecule has 2 aromatic rings. The lowest BCUT2D eigenvalue weighted by molar-refractivity contribution is -0.132. The first-order chi connectivity index (χ1) is 15.1. The first kappa shape index (κ1) is 20.3. The average Bonchev–Trinajstić information content (AvgIpc) is 3.39. The third kappa shape index (κ3) is 3.89. The molecule has 1 aromatic carbocycles. The number of fused-ring (bicyclic) bond motifs is 1. The van der Waals surface area contributed by atoms with Crippen LogP contribution in [0.1, 0.15) is 11.5 Å². The van der Waals surface area contributed by atoms with Crippen molar-refractivity contribution in [1.82, 2.24) is 14.2 Å². The summed E-state index contributed by atoms with van der Waals surface area (Å²) in [5.74, 6) is 0.312.